The van der Waals surface area contributed by atoms with E-state index >= 15 is 0 Å². The monoisotopic (exact) mass is 147 g/mol. The van der Waals surface area contributed by atoms with E-state index in [0.717, 1.165) is 11.4 Å². The van der Waals surface area contributed by atoms with Crippen LogP contribution in [-0.4, -0.2) is 16.5 Å². The SMILES string of the molecule is [C-]#[N+]CCc1nccnc1C. The first-order valence-corrected chi connectivity index (χ1v) is 3.44. The molecule has 0 unspecified atom stereocenters. The third-order valence-electron chi connectivity index (χ3n) is 1.44. The van der Waals surface area contributed by atoms with Crippen molar-refractivity contribution in [3.63, 3.8) is 0 Å². The van der Waals surface area contributed by atoms with E-state index in [-0.39, 0.29) is 0 Å². The Bertz CT molecular complexity index is 275. The number of aromatic nitrogens is 2. The lowest BCUT2D eigenvalue weighted by Crippen LogP contribution is -1.97. The van der Waals surface area contributed by atoms with Crippen molar-refractivity contribution in [2.75, 3.05) is 6.54 Å². The maximum Gasteiger partial charge on any atom is 0.220 e. The molecule has 0 aromatic carbocycles. The third kappa shape index (κ3) is 2.01. The zero-order valence-corrected chi connectivity index (χ0v) is 6.41. The fourth-order valence-electron chi connectivity index (χ4n) is 0.844. The highest BCUT2D eigenvalue weighted by atomic mass is 14.8. The van der Waals surface area contributed by atoms with Crippen molar-refractivity contribution in [1.29, 1.82) is 0 Å². The van der Waals surface area contributed by atoms with Crippen molar-refractivity contribution in [2.45, 2.75) is 13.3 Å². The van der Waals surface area contributed by atoms with Gasteiger partial charge < -0.3 is 4.85 Å². The molecule has 0 aliphatic rings. The minimum atomic E-state index is 0.500. The van der Waals surface area contributed by atoms with Crippen LogP contribution >= 0.6 is 0 Å². The molecule has 0 fully saturated rings. The molecule has 11 heavy (non-hydrogen) atoms. The number of hydrogen-bond donors (Lipinski definition) is 0. The summed E-state index contributed by atoms with van der Waals surface area (Å²) in [7, 11) is 0. The molecular weight excluding hydrogens is 138 g/mol. The molecule has 0 saturated carbocycles. The van der Waals surface area contributed by atoms with Crippen LogP contribution in [0.25, 0.3) is 4.85 Å². The summed E-state index contributed by atoms with van der Waals surface area (Å²) in [6.45, 7) is 9.01. The Morgan fingerprint density at radius 3 is 2.82 bits per heavy atom. The summed E-state index contributed by atoms with van der Waals surface area (Å²) in [5, 5.41) is 0. The average Bonchev–Trinajstić information content (AvgIpc) is 2.03. The van der Waals surface area contributed by atoms with Crippen LogP contribution in [0.1, 0.15) is 11.4 Å². The highest BCUT2D eigenvalue weighted by molar-refractivity contribution is 5.08. The average molecular weight is 147 g/mol. The van der Waals surface area contributed by atoms with Gasteiger partial charge in [-0.1, -0.05) is 0 Å². The van der Waals surface area contributed by atoms with Crippen LogP contribution in [0.3, 0.4) is 0 Å². The summed E-state index contributed by atoms with van der Waals surface area (Å²) in [5.41, 5.74) is 1.86. The van der Waals surface area contributed by atoms with Crippen LogP contribution in [0.4, 0.5) is 0 Å². The molecule has 0 amide bonds. The van der Waals surface area contributed by atoms with Crippen molar-refractivity contribution in [3.05, 3.63) is 35.2 Å². The number of hydrogen-bond acceptors (Lipinski definition) is 2. The van der Waals surface area contributed by atoms with Crippen LogP contribution in [0, 0.1) is 13.5 Å². The fourth-order valence-corrected chi connectivity index (χ4v) is 0.844. The molecule has 0 N–H and O–H groups in total. The van der Waals surface area contributed by atoms with E-state index in [4.69, 9.17) is 6.57 Å². The normalized spacial score (nSPS) is 9.09. The van der Waals surface area contributed by atoms with E-state index in [1.165, 1.54) is 0 Å². The van der Waals surface area contributed by atoms with E-state index in [0.29, 0.717) is 13.0 Å². The van der Waals surface area contributed by atoms with Crippen LogP contribution in [0.15, 0.2) is 12.4 Å². The molecule has 1 rings (SSSR count). The summed E-state index contributed by atoms with van der Waals surface area (Å²) in [6.07, 6.45) is 4.03. The Morgan fingerprint density at radius 2 is 2.18 bits per heavy atom. The van der Waals surface area contributed by atoms with Gasteiger partial charge in [0.1, 0.15) is 0 Å². The Kier molecular flexibility index (Phi) is 2.56. The van der Waals surface area contributed by atoms with Gasteiger partial charge >= 0.3 is 0 Å². The maximum atomic E-state index is 6.60. The smallest absolute Gasteiger partial charge is 0.220 e. The maximum absolute atomic E-state index is 6.60. The largest absolute Gasteiger partial charge is 0.317 e. The predicted molar refractivity (Wildman–Crippen MR) is 41.9 cm³/mol. The second-order valence-corrected chi connectivity index (χ2v) is 2.22. The summed E-state index contributed by atoms with van der Waals surface area (Å²) >= 11 is 0. The zero-order valence-electron chi connectivity index (χ0n) is 6.41. The summed E-state index contributed by atoms with van der Waals surface area (Å²) in [6, 6.07) is 0. The fraction of sp³-hybridized carbons (Fsp3) is 0.375. The summed E-state index contributed by atoms with van der Waals surface area (Å²) in [5.74, 6) is 0. The second-order valence-electron chi connectivity index (χ2n) is 2.22. The van der Waals surface area contributed by atoms with Crippen LogP contribution in [0.5, 0.6) is 0 Å². The topological polar surface area (TPSA) is 30.1 Å². The van der Waals surface area contributed by atoms with Gasteiger partial charge in [-0.3, -0.25) is 9.97 Å². The zero-order chi connectivity index (χ0) is 8.10. The Hall–Kier alpha value is -1.43. The molecule has 1 heterocycles. The van der Waals surface area contributed by atoms with Gasteiger partial charge in [0.25, 0.3) is 0 Å². The molecule has 3 nitrogen and oxygen atoms in total. The van der Waals surface area contributed by atoms with Gasteiger partial charge in [0, 0.05) is 12.4 Å². The molecule has 0 atom stereocenters. The van der Waals surface area contributed by atoms with Crippen LogP contribution in [0.2, 0.25) is 0 Å². The molecule has 0 aliphatic heterocycles. The first-order valence-electron chi connectivity index (χ1n) is 3.44. The van der Waals surface area contributed by atoms with Crippen molar-refractivity contribution in [2.24, 2.45) is 0 Å². The van der Waals surface area contributed by atoms with Gasteiger partial charge in [-0.15, -0.1) is 0 Å². The molecule has 1 aromatic rings. The van der Waals surface area contributed by atoms with Gasteiger partial charge in [0.15, 0.2) is 0 Å². The second kappa shape index (κ2) is 3.67. The van der Waals surface area contributed by atoms with Crippen LogP contribution in [-0.2, 0) is 6.42 Å². The van der Waals surface area contributed by atoms with Crippen molar-refractivity contribution in [3.8, 4) is 0 Å². The lowest BCUT2D eigenvalue weighted by molar-refractivity contribution is 0.936. The van der Waals surface area contributed by atoms with E-state index in [1.54, 1.807) is 12.4 Å². The standard InChI is InChI=1S/C8H9N3/c1-7-8(3-4-9-2)11-6-5-10-7/h5-6H,3-4H2,1H3. The van der Waals surface area contributed by atoms with Crippen LogP contribution < -0.4 is 0 Å². The molecular formula is C8H9N3. The molecule has 1 aromatic heterocycles. The Morgan fingerprint density at radius 1 is 1.45 bits per heavy atom. The number of nitrogens with zero attached hydrogens (tertiary/aromatic N) is 3. The predicted octanol–water partition coefficient (Wildman–Crippen LogP) is 1.25. The van der Waals surface area contributed by atoms with Gasteiger partial charge in [0.05, 0.1) is 17.8 Å². The Labute approximate surface area is 65.9 Å². The molecule has 0 aliphatic carbocycles. The van der Waals surface area contributed by atoms with Gasteiger partial charge in [-0.2, -0.15) is 0 Å². The highest BCUT2D eigenvalue weighted by Crippen LogP contribution is 1.99. The van der Waals surface area contributed by atoms with Gasteiger partial charge in [0.2, 0.25) is 6.54 Å². The lowest BCUT2D eigenvalue weighted by atomic mass is 10.2. The first-order chi connectivity index (χ1) is 5.34. The van der Waals surface area contributed by atoms with Crippen molar-refractivity contribution in [1.82, 2.24) is 9.97 Å². The third-order valence-corrected chi connectivity index (χ3v) is 1.44. The van der Waals surface area contributed by atoms with E-state index < -0.39 is 0 Å². The molecule has 0 bridgehead atoms. The summed E-state index contributed by atoms with van der Waals surface area (Å²) < 4.78 is 0. The van der Waals surface area contributed by atoms with Gasteiger partial charge in [-0.25, -0.2) is 6.57 Å². The molecule has 56 valence electrons. The summed E-state index contributed by atoms with van der Waals surface area (Å²) in [4.78, 5) is 11.4. The minimum absolute atomic E-state index is 0.500. The van der Waals surface area contributed by atoms with E-state index in [9.17, 15) is 0 Å². The molecule has 0 saturated heterocycles. The Balaban J connectivity index is 2.71. The first kappa shape index (κ1) is 7.67. The highest BCUT2D eigenvalue weighted by Gasteiger charge is 1.99. The number of aryl methyl sites for hydroxylation is 1. The molecule has 0 spiro atoms. The van der Waals surface area contributed by atoms with E-state index in [2.05, 4.69) is 14.8 Å². The lowest BCUT2D eigenvalue weighted by Gasteiger charge is -1.96. The van der Waals surface area contributed by atoms with Crippen molar-refractivity contribution >= 4 is 0 Å². The molecule has 3 heteroatoms. The number of rotatable bonds is 2. The van der Waals surface area contributed by atoms with E-state index in [1.807, 2.05) is 6.92 Å². The quantitative estimate of drug-likeness (QED) is 0.589. The van der Waals surface area contributed by atoms with Gasteiger partial charge in [-0.05, 0) is 6.92 Å². The molecule has 0 radical (unpaired) electrons. The van der Waals surface area contributed by atoms with Crippen molar-refractivity contribution < 1.29 is 0 Å². The minimum Gasteiger partial charge on any atom is -0.317 e.